The molecule has 5 N–H and O–H groups in total. The van der Waals surface area contributed by atoms with Crippen molar-refractivity contribution in [3.63, 3.8) is 0 Å². The molecule has 8 heteroatoms. The Balaban J connectivity index is 1.92. The van der Waals surface area contributed by atoms with E-state index in [1.807, 2.05) is 30.3 Å². The van der Waals surface area contributed by atoms with Crippen molar-refractivity contribution in [3.8, 4) is 0 Å². The average molecular weight is 324 g/mol. The molecule has 0 aliphatic carbocycles. The zero-order chi connectivity index (χ0) is 16.2. The third-order valence-corrected chi connectivity index (χ3v) is 5.27. The maximum atomic E-state index is 12.4. The Hall–Kier alpha value is -1.69. The lowest BCUT2D eigenvalue weighted by Crippen LogP contribution is -2.50. The van der Waals surface area contributed by atoms with Crippen LogP contribution in [0, 0.1) is 0 Å². The first-order chi connectivity index (χ1) is 10.4. The fraction of sp³-hybridized carbons (Fsp3) is 0.429. The van der Waals surface area contributed by atoms with Crippen LogP contribution in [0.2, 0.25) is 0 Å². The Bertz CT molecular complexity index is 593. The minimum absolute atomic E-state index is 0.152. The highest BCUT2D eigenvalue weighted by molar-refractivity contribution is 7.58. The topological polar surface area (TPSA) is 119 Å². The largest absolute Gasteiger partial charge is 0.332 e. The fourth-order valence-corrected chi connectivity index (χ4v) is 3.85. The molecular weight excluding hydrogens is 303 g/mol. The number of nitrogens with two attached hydrogens (primary N) is 2. The SMILES string of the molecule is N[C@H]1CCCN(P(N)(=O)NC(=O)CCc2ccccc2)C1=O. The molecule has 120 valence electrons. The van der Waals surface area contributed by atoms with Crippen LogP contribution in [-0.4, -0.2) is 29.1 Å². The second-order valence-electron chi connectivity index (χ2n) is 5.35. The monoisotopic (exact) mass is 324 g/mol. The first kappa shape index (κ1) is 16.7. The number of hydrogen-bond acceptors (Lipinski definition) is 4. The summed E-state index contributed by atoms with van der Waals surface area (Å²) in [6.07, 6.45) is 1.82. The number of aryl methyl sites for hydroxylation is 1. The maximum Gasteiger partial charge on any atom is 0.332 e. The molecule has 1 heterocycles. The highest BCUT2D eigenvalue weighted by Crippen LogP contribution is 2.39. The van der Waals surface area contributed by atoms with Gasteiger partial charge in [0.2, 0.25) is 11.8 Å². The molecule has 1 aromatic rings. The van der Waals surface area contributed by atoms with Crippen LogP contribution in [0.15, 0.2) is 30.3 Å². The van der Waals surface area contributed by atoms with Crippen molar-refractivity contribution in [1.29, 1.82) is 0 Å². The summed E-state index contributed by atoms with van der Waals surface area (Å²) in [5.74, 6) is -0.915. The molecule has 0 aromatic heterocycles. The van der Waals surface area contributed by atoms with Gasteiger partial charge >= 0.3 is 7.59 Å². The van der Waals surface area contributed by atoms with Crippen molar-refractivity contribution in [1.82, 2.24) is 9.76 Å². The number of carbonyl (C=O) groups is 2. The first-order valence-electron chi connectivity index (χ1n) is 7.21. The smallest absolute Gasteiger partial charge is 0.320 e. The number of hydrogen-bond donors (Lipinski definition) is 3. The van der Waals surface area contributed by atoms with Gasteiger partial charge in [0.05, 0.1) is 6.04 Å². The van der Waals surface area contributed by atoms with Crippen molar-refractivity contribution in [2.75, 3.05) is 6.54 Å². The van der Waals surface area contributed by atoms with Gasteiger partial charge in [0.15, 0.2) is 0 Å². The van der Waals surface area contributed by atoms with Crippen LogP contribution < -0.4 is 16.3 Å². The highest BCUT2D eigenvalue weighted by Gasteiger charge is 2.37. The van der Waals surface area contributed by atoms with E-state index in [1.165, 1.54) is 0 Å². The van der Waals surface area contributed by atoms with E-state index < -0.39 is 25.5 Å². The highest BCUT2D eigenvalue weighted by atomic mass is 31.2. The second kappa shape index (κ2) is 7.05. The molecule has 2 amide bonds. The Morgan fingerprint density at radius 3 is 2.73 bits per heavy atom. The van der Waals surface area contributed by atoms with Crippen LogP contribution in [0.3, 0.4) is 0 Å². The van der Waals surface area contributed by atoms with Gasteiger partial charge in [0.25, 0.3) is 0 Å². The number of nitrogens with one attached hydrogen (secondary N) is 1. The summed E-state index contributed by atoms with van der Waals surface area (Å²) in [6.45, 7) is 0.249. The van der Waals surface area contributed by atoms with Crippen LogP contribution in [-0.2, 0) is 20.6 Å². The van der Waals surface area contributed by atoms with Crippen molar-refractivity contribution in [2.24, 2.45) is 11.2 Å². The van der Waals surface area contributed by atoms with E-state index >= 15 is 0 Å². The third kappa shape index (κ3) is 4.16. The Morgan fingerprint density at radius 1 is 1.36 bits per heavy atom. The van der Waals surface area contributed by atoms with Gasteiger partial charge in [-0.25, -0.2) is 5.50 Å². The molecule has 1 unspecified atom stereocenters. The van der Waals surface area contributed by atoms with E-state index in [2.05, 4.69) is 5.09 Å². The number of rotatable bonds is 5. The molecule has 1 aromatic carbocycles. The van der Waals surface area contributed by atoms with Gasteiger partial charge in [-0.05, 0) is 24.8 Å². The van der Waals surface area contributed by atoms with E-state index in [1.54, 1.807) is 0 Å². The molecule has 2 atom stereocenters. The van der Waals surface area contributed by atoms with E-state index in [-0.39, 0.29) is 13.0 Å². The van der Waals surface area contributed by atoms with Gasteiger partial charge in [-0.15, -0.1) is 0 Å². The summed E-state index contributed by atoms with van der Waals surface area (Å²) in [5, 5.41) is 2.29. The predicted molar refractivity (Wildman–Crippen MR) is 83.6 cm³/mol. The van der Waals surface area contributed by atoms with Gasteiger partial charge in [0.1, 0.15) is 0 Å². The van der Waals surface area contributed by atoms with Gasteiger partial charge < -0.3 is 5.73 Å². The molecule has 22 heavy (non-hydrogen) atoms. The molecule has 1 fully saturated rings. The third-order valence-electron chi connectivity index (χ3n) is 3.58. The van der Waals surface area contributed by atoms with Gasteiger partial charge in [-0.1, -0.05) is 30.3 Å². The number of carbonyl (C=O) groups excluding carboxylic acids is 2. The van der Waals surface area contributed by atoms with Crippen molar-refractivity contribution in [3.05, 3.63) is 35.9 Å². The Morgan fingerprint density at radius 2 is 2.05 bits per heavy atom. The van der Waals surface area contributed by atoms with E-state index in [4.69, 9.17) is 11.2 Å². The van der Waals surface area contributed by atoms with Gasteiger partial charge in [0, 0.05) is 13.0 Å². The molecule has 2 rings (SSSR count). The van der Waals surface area contributed by atoms with Crippen molar-refractivity contribution in [2.45, 2.75) is 31.7 Å². The van der Waals surface area contributed by atoms with E-state index in [9.17, 15) is 14.2 Å². The molecule has 0 radical (unpaired) electrons. The molecule has 1 aliphatic rings. The number of nitrogens with zero attached hydrogens (tertiary/aromatic N) is 1. The minimum atomic E-state index is -3.73. The molecule has 1 aliphatic heterocycles. The zero-order valence-electron chi connectivity index (χ0n) is 12.3. The lowest BCUT2D eigenvalue weighted by atomic mass is 10.1. The number of benzene rings is 1. The van der Waals surface area contributed by atoms with Crippen LogP contribution in [0.4, 0.5) is 0 Å². The fourth-order valence-electron chi connectivity index (χ4n) is 2.38. The number of piperidine rings is 1. The summed E-state index contributed by atoms with van der Waals surface area (Å²) in [7, 11) is -3.73. The second-order valence-corrected chi connectivity index (χ2v) is 7.31. The van der Waals surface area contributed by atoms with E-state index in [0.717, 1.165) is 10.2 Å². The standard InChI is InChI=1S/C14H21N4O3P/c15-12-7-4-10-18(14(12)20)22(16,21)17-13(19)9-8-11-5-2-1-3-6-11/h1-3,5-6,12H,4,7-10,15H2,(H3,16,17,19,21)/t12-,22?/m0/s1. The minimum Gasteiger partial charge on any atom is -0.320 e. The van der Waals surface area contributed by atoms with Crippen molar-refractivity contribution >= 4 is 19.4 Å². The van der Waals surface area contributed by atoms with Gasteiger partial charge in [-0.2, -0.15) is 0 Å². The van der Waals surface area contributed by atoms with Crippen LogP contribution in [0.5, 0.6) is 0 Å². The molecule has 1 saturated heterocycles. The van der Waals surface area contributed by atoms with Crippen LogP contribution in [0.1, 0.15) is 24.8 Å². The summed E-state index contributed by atoms with van der Waals surface area (Å²) in [6, 6.07) is 8.77. The maximum absolute atomic E-state index is 12.4. The summed E-state index contributed by atoms with van der Waals surface area (Å²) < 4.78 is 13.5. The lowest BCUT2D eigenvalue weighted by Gasteiger charge is -2.34. The first-order valence-corrected chi connectivity index (χ1v) is 8.94. The Kier molecular flexibility index (Phi) is 5.34. The zero-order valence-corrected chi connectivity index (χ0v) is 13.2. The average Bonchev–Trinajstić information content (AvgIpc) is 2.48. The Labute approximate surface area is 129 Å². The van der Waals surface area contributed by atoms with E-state index in [0.29, 0.717) is 19.3 Å². The predicted octanol–water partition coefficient (Wildman–Crippen LogP) is 0.752. The number of amides is 2. The molecule has 0 saturated carbocycles. The molecule has 0 spiro atoms. The molecular formula is C14H21N4O3P. The van der Waals surface area contributed by atoms with Crippen molar-refractivity contribution < 1.29 is 14.2 Å². The molecule has 0 bridgehead atoms. The summed E-state index contributed by atoms with van der Waals surface area (Å²) >= 11 is 0. The van der Waals surface area contributed by atoms with Crippen LogP contribution in [0.25, 0.3) is 0 Å². The lowest BCUT2D eigenvalue weighted by molar-refractivity contribution is -0.129. The van der Waals surface area contributed by atoms with Crippen LogP contribution >= 0.6 is 7.59 Å². The summed E-state index contributed by atoms with van der Waals surface area (Å²) in [4.78, 5) is 23.9. The normalized spacial score (nSPS) is 21.3. The summed E-state index contributed by atoms with van der Waals surface area (Å²) in [5.41, 5.74) is 12.3. The molecule has 7 nitrogen and oxygen atoms in total. The quantitative estimate of drug-likeness (QED) is 0.691. The van der Waals surface area contributed by atoms with Gasteiger partial charge in [-0.3, -0.25) is 23.9 Å².